The zero-order chi connectivity index (χ0) is 16.8. The minimum Gasteiger partial charge on any atom is -0.481 e. The highest BCUT2D eigenvalue weighted by Crippen LogP contribution is 2.19. The van der Waals surface area contributed by atoms with Crippen molar-refractivity contribution in [1.29, 1.82) is 0 Å². The monoisotopic (exact) mass is 335 g/mol. The van der Waals surface area contributed by atoms with Crippen LogP contribution in [0.3, 0.4) is 0 Å². The molecule has 1 unspecified atom stereocenters. The minimum absolute atomic E-state index is 0.102. The highest BCUT2D eigenvalue weighted by Gasteiger charge is 2.15. The molecule has 1 aromatic carbocycles. The van der Waals surface area contributed by atoms with E-state index in [0.717, 1.165) is 4.90 Å². The van der Waals surface area contributed by atoms with Crippen LogP contribution in [0.5, 0.6) is 5.75 Å². The first kappa shape index (κ1) is 17.0. The third-order valence-electron chi connectivity index (χ3n) is 3.05. The number of hydrogen-bond donors (Lipinski definition) is 2. The molecule has 1 aromatic heterocycles. The predicted molar refractivity (Wildman–Crippen MR) is 85.8 cm³/mol. The number of thioether (sulfide) groups is 1. The van der Waals surface area contributed by atoms with Gasteiger partial charge in [0.2, 0.25) is 5.76 Å². The minimum atomic E-state index is -1.15. The van der Waals surface area contributed by atoms with Crippen LogP contribution in [0.4, 0.5) is 0 Å². The zero-order valence-corrected chi connectivity index (χ0v) is 13.6. The first-order valence-electron chi connectivity index (χ1n) is 6.90. The topological polar surface area (TPSA) is 88.8 Å². The van der Waals surface area contributed by atoms with Crippen molar-refractivity contribution < 1.29 is 23.8 Å². The van der Waals surface area contributed by atoms with Gasteiger partial charge in [0.25, 0.3) is 5.91 Å². The van der Waals surface area contributed by atoms with Gasteiger partial charge in [0.15, 0.2) is 6.10 Å². The summed E-state index contributed by atoms with van der Waals surface area (Å²) >= 11 is 1.63. The van der Waals surface area contributed by atoms with Crippen LogP contribution in [0.15, 0.2) is 45.7 Å². The van der Waals surface area contributed by atoms with E-state index in [0.29, 0.717) is 11.5 Å². The summed E-state index contributed by atoms with van der Waals surface area (Å²) in [6.45, 7) is 1.74. The smallest absolute Gasteiger partial charge is 0.371 e. The van der Waals surface area contributed by atoms with Crippen LogP contribution in [-0.2, 0) is 11.3 Å². The van der Waals surface area contributed by atoms with Crippen LogP contribution in [0.1, 0.15) is 23.2 Å². The van der Waals surface area contributed by atoms with Gasteiger partial charge in [-0.2, -0.15) is 0 Å². The van der Waals surface area contributed by atoms with Crippen LogP contribution in [0.25, 0.3) is 0 Å². The van der Waals surface area contributed by atoms with Crippen molar-refractivity contribution in [2.75, 3.05) is 6.26 Å². The molecule has 0 fully saturated rings. The Morgan fingerprint density at radius 2 is 1.96 bits per heavy atom. The van der Waals surface area contributed by atoms with Gasteiger partial charge in [-0.1, -0.05) is 0 Å². The van der Waals surface area contributed by atoms with Crippen molar-refractivity contribution in [3.63, 3.8) is 0 Å². The highest BCUT2D eigenvalue weighted by molar-refractivity contribution is 7.98. The molecule has 0 radical (unpaired) electrons. The molecule has 2 rings (SSSR count). The molecule has 2 N–H and O–H groups in total. The molecule has 6 nitrogen and oxygen atoms in total. The van der Waals surface area contributed by atoms with Crippen molar-refractivity contribution in [3.8, 4) is 5.75 Å². The fourth-order valence-corrected chi connectivity index (χ4v) is 2.23. The molecule has 122 valence electrons. The fourth-order valence-electron chi connectivity index (χ4n) is 1.82. The number of amides is 1. The van der Waals surface area contributed by atoms with Gasteiger partial charge in [-0.25, -0.2) is 4.79 Å². The molecule has 0 aliphatic heterocycles. The third-order valence-corrected chi connectivity index (χ3v) is 3.79. The number of furan rings is 1. The molecule has 1 atom stereocenters. The predicted octanol–water partition coefficient (Wildman–Crippen LogP) is 2.78. The van der Waals surface area contributed by atoms with Crippen molar-refractivity contribution in [3.05, 3.63) is 47.9 Å². The molecule has 7 heteroatoms. The zero-order valence-electron chi connectivity index (χ0n) is 12.7. The summed E-state index contributed by atoms with van der Waals surface area (Å²) in [6, 6.07) is 10.3. The average Bonchev–Trinajstić information content (AvgIpc) is 3.02. The fraction of sp³-hybridized carbons (Fsp3) is 0.250. The van der Waals surface area contributed by atoms with E-state index in [2.05, 4.69) is 5.32 Å². The van der Waals surface area contributed by atoms with E-state index in [1.807, 2.05) is 18.4 Å². The number of benzene rings is 1. The highest BCUT2D eigenvalue weighted by atomic mass is 32.2. The van der Waals surface area contributed by atoms with Crippen LogP contribution < -0.4 is 10.1 Å². The molecular weight excluding hydrogens is 318 g/mol. The van der Waals surface area contributed by atoms with E-state index in [1.165, 1.54) is 12.1 Å². The number of hydrogen-bond acceptors (Lipinski definition) is 5. The van der Waals surface area contributed by atoms with E-state index in [-0.39, 0.29) is 18.2 Å². The van der Waals surface area contributed by atoms with Gasteiger partial charge in [-0.05, 0) is 49.6 Å². The van der Waals surface area contributed by atoms with E-state index in [1.54, 1.807) is 30.8 Å². The molecular formula is C16H17NO5S. The largest absolute Gasteiger partial charge is 0.481 e. The molecule has 0 aliphatic carbocycles. The van der Waals surface area contributed by atoms with Crippen molar-refractivity contribution >= 4 is 23.6 Å². The first-order valence-corrected chi connectivity index (χ1v) is 8.12. The summed E-state index contributed by atoms with van der Waals surface area (Å²) in [7, 11) is 0. The maximum Gasteiger partial charge on any atom is 0.371 e. The molecule has 1 amide bonds. The molecule has 0 bridgehead atoms. The molecule has 23 heavy (non-hydrogen) atoms. The second-order valence-electron chi connectivity index (χ2n) is 4.72. The van der Waals surface area contributed by atoms with E-state index < -0.39 is 12.1 Å². The molecule has 2 aromatic rings. The number of carboxylic acid groups (broad SMARTS) is 1. The Kier molecular flexibility index (Phi) is 5.70. The Labute approximate surface area is 137 Å². The Morgan fingerprint density at radius 1 is 1.26 bits per heavy atom. The first-order chi connectivity index (χ1) is 11.0. The van der Waals surface area contributed by atoms with Gasteiger partial charge in [-0.3, -0.25) is 4.79 Å². The lowest BCUT2D eigenvalue weighted by molar-refractivity contribution is -0.127. The summed E-state index contributed by atoms with van der Waals surface area (Å²) in [5.41, 5.74) is 0. The summed E-state index contributed by atoms with van der Waals surface area (Å²) in [5, 5.41) is 11.4. The Bertz CT molecular complexity index is 680. The van der Waals surface area contributed by atoms with Gasteiger partial charge in [-0.15, -0.1) is 11.8 Å². The molecule has 0 spiro atoms. The molecule has 0 saturated carbocycles. The summed E-state index contributed by atoms with van der Waals surface area (Å²) in [4.78, 5) is 23.8. The van der Waals surface area contributed by atoms with Crippen LogP contribution >= 0.6 is 11.8 Å². The lowest BCUT2D eigenvalue weighted by atomic mass is 10.3. The Balaban J connectivity index is 1.85. The maximum absolute atomic E-state index is 12.0. The summed E-state index contributed by atoms with van der Waals surface area (Å²) in [6.07, 6.45) is 1.31. The van der Waals surface area contributed by atoms with Gasteiger partial charge >= 0.3 is 5.97 Å². The van der Waals surface area contributed by atoms with Crippen LogP contribution in [-0.4, -0.2) is 29.3 Å². The van der Waals surface area contributed by atoms with Gasteiger partial charge in [0.05, 0.1) is 6.54 Å². The van der Waals surface area contributed by atoms with Crippen LogP contribution in [0, 0.1) is 0 Å². The number of carbonyl (C=O) groups excluding carboxylic acids is 1. The Hall–Kier alpha value is -2.41. The number of ether oxygens (including phenoxy) is 1. The van der Waals surface area contributed by atoms with Crippen LogP contribution in [0.2, 0.25) is 0 Å². The maximum atomic E-state index is 12.0. The van der Waals surface area contributed by atoms with Gasteiger partial charge in [0.1, 0.15) is 11.5 Å². The second kappa shape index (κ2) is 7.73. The lowest BCUT2D eigenvalue weighted by Crippen LogP contribution is -2.35. The van der Waals surface area contributed by atoms with Crippen molar-refractivity contribution in [1.82, 2.24) is 5.32 Å². The lowest BCUT2D eigenvalue weighted by Gasteiger charge is -2.14. The number of carboxylic acids is 1. The normalized spacial score (nSPS) is 11.7. The number of rotatable bonds is 7. The average molecular weight is 335 g/mol. The Morgan fingerprint density at radius 3 is 2.52 bits per heavy atom. The second-order valence-corrected chi connectivity index (χ2v) is 5.60. The van der Waals surface area contributed by atoms with Crippen molar-refractivity contribution in [2.45, 2.75) is 24.5 Å². The van der Waals surface area contributed by atoms with Gasteiger partial charge < -0.3 is 19.6 Å². The number of aromatic carboxylic acids is 1. The van der Waals surface area contributed by atoms with E-state index in [9.17, 15) is 9.59 Å². The molecule has 1 heterocycles. The number of nitrogens with one attached hydrogen (secondary N) is 1. The van der Waals surface area contributed by atoms with Gasteiger partial charge in [0, 0.05) is 4.90 Å². The molecule has 0 aliphatic rings. The number of carbonyl (C=O) groups is 2. The standard InChI is InChI=1S/C16H17NO5S/c1-10(21-11-3-6-13(23-2)7-4-11)15(18)17-9-12-5-8-14(22-12)16(19)20/h3-8,10H,9H2,1-2H3,(H,17,18)(H,19,20). The quantitative estimate of drug-likeness (QED) is 0.756. The summed E-state index contributed by atoms with van der Waals surface area (Å²) < 4.78 is 10.6. The summed E-state index contributed by atoms with van der Waals surface area (Å²) in [5.74, 6) is -0.642. The molecule has 0 saturated heterocycles. The van der Waals surface area contributed by atoms with E-state index in [4.69, 9.17) is 14.3 Å². The SMILES string of the molecule is CSc1ccc(OC(C)C(=O)NCc2ccc(C(=O)O)o2)cc1. The third kappa shape index (κ3) is 4.79. The van der Waals surface area contributed by atoms with Crippen molar-refractivity contribution in [2.24, 2.45) is 0 Å². The van der Waals surface area contributed by atoms with E-state index >= 15 is 0 Å².